The topological polar surface area (TPSA) is 16.1 Å². The van der Waals surface area contributed by atoms with E-state index < -0.39 is 0 Å². The fourth-order valence-corrected chi connectivity index (χ4v) is 3.07. The molecule has 1 rings (SSSR count). The van der Waals surface area contributed by atoms with Crippen molar-refractivity contribution in [1.29, 1.82) is 0 Å². The van der Waals surface area contributed by atoms with Crippen molar-refractivity contribution in [3.8, 4) is 0 Å². The maximum absolute atomic E-state index is 4.50. The van der Waals surface area contributed by atoms with Crippen LogP contribution in [-0.2, 0) is 6.54 Å². The van der Waals surface area contributed by atoms with Crippen LogP contribution in [-0.4, -0.2) is 29.2 Å². The summed E-state index contributed by atoms with van der Waals surface area (Å²) in [4.78, 5) is 6.85. The largest absolute Gasteiger partial charge is 0.300 e. The van der Waals surface area contributed by atoms with Crippen LogP contribution >= 0.6 is 24.0 Å². The van der Waals surface area contributed by atoms with E-state index in [0.717, 1.165) is 23.8 Å². The second-order valence-corrected chi connectivity index (χ2v) is 7.23. The minimum Gasteiger partial charge on any atom is -0.300 e. The van der Waals surface area contributed by atoms with E-state index in [1.54, 1.807) is 11.3 Å². The summed E-state index contributed by atoms with van der Waals surface area (Å²) in [5.41, 5.74) is 1.50. The molecular formula is C13H24N2S2. The van der Waals surface area contributed by atoms with Crippen LogP contribution in [0.15, 0.2) is 5.38 Å². The lowest BCUT2D eigenvalue weighted by Gasteiger charge is -2.32. The average Bonchev–Trinajstić information content (AvgIpc) is 2.58. The van der Waals surface area contributed by atoms with E-state index in [-0.39, 0.29) is 0 Å². The number of aryl methyl sites for hydroxylation is 1. The lowest BCUT2D eigenvalue weighted by molar-refractivity contribution is 0.182. The monoisotopic (exact) mass is 272 g/mol. The first kappa shape index (κ1) is 15.0. The Balaban J connectivity index is 2.51. The number of aromatic nitrogens is 1. The number of thiazole rings is 1. The maximum atomic E-state index is 4.50. The highest BCUT2D eigenvalue weighted by Gasteiger charge is 2.24. The van der Waals surface area contributed by atoms with Crippen molar-refractivity contribution >= 4 is 24.0 Å². The predicted molar refractivity (Wildman–Crippen MR) is 80.0 cm³/mol. The Bertz CT molecular complexity index is 341. The van der Waals surface area contributed by atoms with E-state index in [1.165, 1.54) is 5.69 Å². The van der Waals surface area contributed by atoms with Gasteiger partial charge in [0.25, 0.3) is 0 Å². The van der Waals surface area contributed by atoms with Crippen LogP contribution in [0.5, 0.6) is 0 Å². The Morgan fingerprint density at radius 3 is 2.53 bits per heavy atom. The molecule has 0 aliphatic rings. The van der Waals surface area contributed by atoms with Crippen molar-refractivity contribution in [3.63, 3.8) is 0 Å². The molecule has 17 heavy (non-hydrogen) atoms. The van der Waals surface area contributed by atoms with Crippen LogP contribution in [0.4, 0.5) is 0 Å². The summed E-state index contributed by atoms with van der Waals surface area (Å²) < 4.78 is 0. The summed E-state index contributed by atoms with van der Waals surface area (Å²) in [6, 6.07) is 0. The zero-order valence-electron chi connectivity index (χ0n) is 11.5. The van der Waals surface area contributed by atoms with Gasteiger partial charge in [0.15, 0.2) is 0 Å². The Hall–Kier alpha value is -0.0600. The molecule has 0 aliphatic carbocycles. The summed E-state index contributed by atoms with van der Waals surface area (Å²) in [5.74, 6) is 1.54. The maximum Gasteiger partial charge on any atom is 0.0897 e. The second-order valence-electron chi connectivity index (χ2n) is 5.80. The molecule has 0 aromatic carbocycles. The number of nitrogens with zero attached hydrogens (tertiary/aromatic N) is 2. The van der Waals surface area contributed by atoms with Crippen molar-refractivity contribution < 1.29 is 0 Å². The Morgan fingerprint density at radius 1 is 1.47 bits per heavy atom. The van der Waals surface area contributed by atoms with E-state index in [0.29, 0.717) is 11.3 Å². The highest BCUT2D eigenvalue weighted by atomic mass is 32.1. The fraction of sp³-hybridized carbons (Fsp3) is 0.769. The SMILES string of the molecule is Cc1nc(CN(C)CC(CS)C(C)(C)C)cs1. The third kappa shape index (κ3) is 4.98. The fourth-order valence-electron chi connectivity index (χ4n) is 1.80. The highest BCUT2D eigenvalue weighted by molar-refractivity contribution is 7.80. The van der Waals surface area contributed by atoms with E-state index in [4.69, 9.17) is 0 Å². The first-order valence-corrected chi connectivity index (χ1v) is 7.54. The normalized spacial score (nSPS) is 14.3. The number of rotatable bonds is 5. The van der Waals surface area contributed by atoms with Crippen molar-refractivity contribution in [2.24, 2.45) is 11.3 Å². The zero-order valence-corrected chi connectivity index (χ0v) is 13.2. The quantitative estimate of drug-likeness (QED) is 0.826. The molecule has 4 heteroatoms. The molecule has 0 fully saturated rings. The van der Waals surface area contributed by atoms with Crippen LogP contribution in [0.25, 0.3) is 0 Å². The second kappa shape index (κ2) is 6.21. The lowest BCUT2D eigenvalue weighted by Crippen LogP contribution is -2.34. The number of thiol groups is 1. The standard InChI is InChI=1S/C13H24N2S2/c1-10-14-12(9-17-10)7-15(5)6-11(8-16)13(2,3)4/h9,11,16H,6-8H2,1-5H3. The molecule has 0 radical (unpaired) electrons. The Morgan fingerprint density at radius 2 is 2.12 bits per heavy atom. The van der Waals surface area contributed by atoms with Gasteiger partial charge in [-0.05, 0) is 31.1 Å². The molecule has 0 amide bonds. The molecule has 0 saturated carbocycles. The zero-order chi connectivity index (χ0) is 13.1. The van der Waals surface area contributed by atoms with Crippen LogP contribution in [0, 0.1) is 18.3 Å². The number of hydrogen-bond donors (Lipinski definition) is 1. The molecule has 0 saturated heterocycles. The summed E-state index contributed by atoms with van der Waals surface area (Å²) in [5, 5.41) is 3.30. The third-order valence-corrected chi connectivity index (χ3v) is 4.34. The van der Waals surface area contributed by atoms with Gasteiger partial charge in [0.1, 0.15) is 0 Å². The predicted octanol–water partition coefficient (Wildman–Crippen LogP) is 3.48. The highest BCUT2D eigenvalue weighted by Crippen LogP contribution is 2.27. The van der Waals surface area contributed by atoms with Gasteiger partial charge >= 0.3 is 0 Å². The first-order chi connectivity index (χ1) is 7.82. The van der Waals surface area contributed by atoms with Gasteiger partial charge in [-0.3, -0.25) is 0 Å². The van der Waals surface area contributed by atoms with Gasteiger partial charge in [0.05, 0.1) is 10.7 Å². The molecule has 1 aromatic rings. The van der Waals surface area contributed by atoms with E-state index in [9.17, 15) is 0 Å². The number of hydrogen-bond acceptors (Lipinski definition) is 4. The molecule has 98 valence electrons. The molecule has 1 aromatic heterocycles. The van der Waals surface area contributed by atoms with Crippen molar-refractivity contribution in [2.75, 3.05) is 19.3 Å². The molecule has 2 nitrogen and oxygen atoms in total. The van der Waals surface area contributed by atoms with Crippen molar-refractivity contribution in [3.05, 3.63) is 16.1 Å². The smallest absolute Gasteiger partial charge is 0.0897 e. The Kier molecular flexibility index (Phi) is 5.48. The van der Waals surface area contributed by atoms with Crippen molar-refractivity contribution in [2.45, 2.75) is 34.2 Å². The summed E-state index contributed by atoms with van der Waals surface area (Å²) >= 11 is 6.20. The van der Waals surface area contributed by atoms with Gasteiger partial charge in [-0.2, -0.15) is 12.6 Å². The molecular weight excluding hydrogens is 248 g/mol. The van der Waals surface area contributed by atoms with Gasteiger partial charge in [-0.1, -0.05) is 20.8 Å². The van der Waals surface area contributed by atoms with E-state index in [2.05, 4.69) is 62.6 Å². The molecule has 0 N–H and O–H groups in total. The van der Waals surface area contributed by atoms with Gasteiger partial charge in [0, 0.05) is 18.5 Å². The van der Waals surface area contributed by atoms with Gasteiger partial charge in [-0.15, -0.1) is 11.3 Å². The van der Waals surface area contributed by atoms with Crippen LogP contribution in [0.1, 0.15) is 31.5 Å². The van der Waals surface area contributed by atoms with Crippen molar-refractivity contribution in [1.82, 2.24) is 9.88 Å². The molecule has 0 spiro atoms. The molecule has 1 heterocycles. The molecule has 1 atom stereocenters. The summed E-state index contributed by atoms with van der Waals surface area (Å²) in [6.07, 6.45) is 0. The minimum absolute atomic E-state index is 0.313. The van der Waals surface area contributed by atoms with Crippen LogP contribution < -0.4 is 0 Å². The van der Waals surface area contributed by atoms with Gasteiger partial charge < -0.3 is 4.90 Å². The van der Waals surface area contributed by atoms with Crippen LogP contribution in [0.3, 0.4) is 0 Å². The Labute approximate surface area is 115 Å². The third-order valence-electron chi connectivity index (χ3n) is 3.08. The average molecular weight is 272 g/mol. The minimum atomic E-state index is 0.313. The molecule has 0 bridgehead atoms. The molecule has 1 unspecified atom stereocenters. The van der Waals surface area contributed by atoms with Gasteiger partial charge in [0.2, 0.25) is 0 Å². The lowest BCUT2D eigenvalue weighted by atomic mass is 9.81. The first-order valence-electron chi connectivity index (χ1n) is 6.03. The van der Waals surface area contributed by atoms with E-state index >= 15 is 0 Å². The van der Waals surface area contributed by atoms with Crippen LogP contribution in [0.2, 0.25) is 0 Å². The summed E-state index contributed by atoms with van der Waals surface area (Å²) in [7, 11) is 2.16. The molecule has 0 aliphatic heterocycles. The summed E-state index contributed by atoms with van der Waals surface area (Å²) in [6.45, 7) is 10.9. The van der Waals surface area contributed by atoms with Gasteiger partial charge in [-0.25, -0.2) is 4.98 Å². The van der Waals surface area contributed by atoms with E-state index in [1.807, 2.05) is 0 Å².